The summed E-state index contributed by atoms with van der Waals surface area (Å²) in [4.78, 5) is 11.4. The normalized spacial score (nSPS) is 11.9. The number of anilines is 1. The van der Waals surface area contributed by atoms with Gasteiger partial charge in [-0.15, -0.1) is 0 Å². The topological polar surface area (TPSA) is 69.6 Å². The fourth-order valence-electron chi connectivity index (χ4n) is 1.99. The van der Waals surface area contributed by atoms with Crippen molar-refractivity contribution in [2.45, 2.75) is 13.0 Å². The van der Waals surface area contributed by atoms with E-state index >= 15 is 0 Å². The van der Waals surface area contributed by atoms with Crippen LogP contribution < -0.4 is 5.32 Å². The number of aryl methyl sites for hydroxylation is 1. The zero-order chi connectivity index (χ0) is 14.7. The molecule has 0 radical (unpaired) electrons. The van der Waals surface area contributed by atoms with Gasteiger partial charge in [-0.1, -0.05) is 18.2 Å². The van der Waals surface area contributed by atoms with Gasteiger partial charge in [0.25, 0.3) is 0 Å². The minimum atomic E-state index is -1.16. The lowest BCUT2D eigenvalue weighted by Crippen LogP contribution is -2.20. The zero-order valence-electron chi connectivity index (χ0n) is 10.8. The molecule has 0 aliphatic rings. The number of phenolic OH excluding ortho intramolecular Hbond substituents is 1. The van der Waals surface area contributed by atoms with Crippen LogP contribution in [0.15, 0.2) is 42.5 Å². The smallest absolute Gasteiger partial charge is 0.330 e. The summed E-state index contributed by atoms with van der Waals surface area (Å²) in [5.74, 6) is -1.73. The van der Waals surface area contributed by atoms with E-state index in [4.69, 9.17) is 0 Å². The van der Waals surface area contributed by atoms with Gasteiger partial charge in [0.2, 0.25) is 0 Å². The van der Waals surface area contributed by atoms with Crippen LogP contribution >= 0.6 is 0 Å². The Balaban J connectivity index is 2.36. The number of aromatic hydroxyl groups is 1. The highest BCUT2D eigenvalue weighted by atomic mass is 19.1. The van der Waals surface area contributed by atoms with E-state index in [2.05, 4.69) is 5.32 Å². The first-order valence-electron chi connectivity index (χ1n) is 6.02. The molecule has 2 aromatic rings. The van der Waals surface area contributed by atoms with Crippen LogP contribution in [0, 0.1) is 12.7 Å². The standard InChI is InChI=1S/C15H14FNO3/c1-9-6-10(16)8-11(7-9)17-14(15(19)20)12-4-2-3-5-13(12)18/h2-8,14,17-18H,1H3,(H,19,20). The van der Waals surface area contributed by atoms with Crippen LogP contribution in [0.3, 0.4) is 0 Å². The highest BCUT2D eigenvalue weighted by molar-refractivity contribution is 5.80. The van der Waals surface area contributed by atoms with E-state index in [0.29, 0.717) is 11.3 Å². The van der Waals surface area contributed by atoms with Crippen molar-refractivity contribution >= 4 is 11.7 Å². The molecular weight excluding hydrogens is 261 g/mol. The second kappa shape index (κ2) is 5.61. The van der Waals surface area contributed by atoms with Crippen molar-refractivity contribution in [1.82, 2.24) is 0 Å². The molecule has 0 aliphatic heterocycles. The summed E-state index contributed by atoms with van der Waals surface area (Å²) in [6.45, 7) is 1.71. The van der Waals surface area contributed by atoms with Crippen LogP contribution in [0.25, 0.3) is 0 Å². The van der Waals surface area contributed by atoms with E-state index in [1.165, 1.54) is 24.3 Å². The highest BCUT2D eigenvalue weighted by Crippen LogP contribution is 2.27. The van der Waals surface area contributed by atoms with Gasteiger partial charge in [0.05, 0.1) is 0 Å². The third-order valence-electron chi connectivity index (χ3n) is 2.85. The number of halogens is 1. The maximum absolute atomic E-state index is 13.3. The van der Waals surface area contributed by atoms with E-state index in [1.807, 2.05) is 0 Å². The molecule has 0 saturated carbocycles. The quantitative estimate of drug-likeness (QED) is 0.802. The molecule has 0 fully saturated rings. The molecule has 3 N–H and O–H groups in total. The lowest BCUT2D eigenvalue weighted by molar-refractivity contribution is -0.138. The molecule has 20 heavy (non-hydrogen) atoms. The monoisotopic (exact) mass is 275 g/mol. The van der Waals surface area contributed by atoms with Gasteiger partial charge in [0, 0.05) is 11.3 Å². The minimum absolute atomic E-state index is 0.125. The van der Waals surface area contributed by atoms with Gasteiger partial charge in [-0.2, -0.15) is 0 Å². The molecule has 0 aliphatic carbocycles. The number of rotatable bonds is 4. The van der Waals surface area contributed by atoms with Crippen LogP contribution in [-0.2, 0) is 4.79 Å². The van der Waals surface area contributed by atoms with Crippen LogP contribution in [0.2, 0.25) is 0 Å². The molecular formula is C15H14FNO3. The number of para-hydroxylation sites is 1. The number of carboxylic acids is 1. The molecule has 0 bridgehead atoms. The summed E-state index contributed by atoms with van der Waals surface area (Å²) < 4.78 is 13.3. The van der Waals surface area contributed by atoms with E-state index in [1.54, 1.807) is 25.1 Å². The van der Waals surface area contributed by atoms with Crippen molar-refractivity contribution in [2.24, 2.45) is 0 Å². The van der Waals surface area contributed by atoms with Gasteiger partial charge in [0.1, 0.15) is 11.6 Å². The molecule has 4 nitrogen and oxygen atoms in total. The first kappa shape index (κ1) is 13.9. The maximum atomic E-state index is 13.3. The minimum Gasteiger partial charge on any atom is -0.508 e. The van der Waals surface area contributed by atoms with Crippen LogP contribution in [-0.4, -0.2) is 16.2 Å². The summed E-state index contributed by atoms with van der Waals surface area (Å²) in [6.07, 6.45) is 0. The van der Waals surface area contributed by atoms with Gasteiger partial charge >= 0.3 is 5.97 Å². The first-order valence-corrected chi connectivity index (χ1v) is 6.02. The Morgan fingerprint density at radius 2 is 1.95 bits per heavy atom. The molecule has 0 spiro atoms. The number of benzene rings is 2. The Kier molecular flexibility index (Phi) is 3.89. The summed E-state index contributed by atoms with van der Waals surface area (Å²) in [5.41, 5.74) is 1.24. The third-order valence-corrected chi connectivity index (χ3v) is 2.85. The van der Waals surface area contributed by atoms with E-state index < -0.39 is 17.8 Å². The van der Waals surface area contributed by atoms with Gasteiger partial charge < -0.3 is 15.5 Å². The molecule has 104 valence electrons. The fourth-order valence-corrected chi connectivity index (χ4v) is 1.99. The maximum Gasteiger partial charge on any atom is 0.330 e. The van der Waals surface area contributed by atoms with Gasteiger partial charge in [-0.3, -0.25) is 0 Å². The number of nitrogens with one attached hydrogen (secondary N) is 1. The lowest BCUT2D eigenvalue weighted by atomic mass is 10.1. The Labute approximate surface area is 115 Å². The van der Waals surface area contributed by atoms with Crippen molar-refractivity contribution in [1.29, 1.82) is 0 Å². The summed E-state index contributed by atoms with van der Waals surface area (Å²) in [7, 11) is 0. The first-order chi connectivity index (χ1) is 9.47. The van der Waals surface area contributed by atoms with E-state index in [-0.39, 0.29) is 11.3 Å². The molecule has 0 saturated heterocycles. The average molecular weight is 275 g/mol. The Morgan fingerprint density at radius 1 is 1.25 bits per heavy atom. The summed E-state index contributed by atoms with van der Waals surface area (Å²) in [6, 6.07) is 9.19. The number of phenols is 1. The van der Waals surface area contributed by atoms with Crippen LogP contribution in [0.5, 0.6) is 5.75 Å². The zero-order valence-corrected chi connectivity index (χ0v) is 10.8. The van der Waals surface area contributed by atoms with Crippen molar-refractivity contribution in [2.75, 3.05) is 5.32 Å². The number of carbonyl (C=O) groups is 1. The average Bonchev–Trinajstić information content (AvgIpc) is 2.35. The lowest BCUT2D eigenvalue weighted by Gasteiger charge is -2.17. The van der Waals surface area contributed by atoms with Gasteiger partial charge in [0.15, 0.2) is 6.04 Å². The highest BCUT2D eigenvalue weighted by Gasteiger charge is 2.22. The number of hydrogen-bond acceptors (Lipinski definition) is 3. The van der Waals surface area contributed by atoms with Crippen molar-refractivity contribution in [3.05, 3.63) is 59.4 Å². The molecule has 2 rings (SSSR count). The summed E-state index contributed by atoms with van der Waals surface area (Å²) in [5, 5.41) is 21.7. The SMILES string of the molecule is Cc1cc(F)cc(NC(C(=O)O)c2ccccc2O)c1. The largest absolute Gasteiger partial charge is 0.508 e. The van der Waals surface area contributed by atoms with E-state index in [9.17, 15) is 19.4 Å². The Bertz CT molecular complexity index is 623. The van der Waals surface area contributed by atoms with E-state index in [0.717, 1.165) is 0 Å². The second-order valence-electron chi connectivity index (χ2n) is 4.49. The molecule has 2 aromatic carbocycles. The second-order valence-corrected chi connectivity index (χ2v) is 4.49. The number of hydrogen-bond donors (Lipinski definition) is 3. The molecule has 1 unspecified atom stereocenters. The summed E-state index contributed by atoms with van der Waals surface area (Å²) >= 11 is 0. The predicted molar refractivity (Wildman–Crippen MR) is 73.2 cm³/mol. The van der Waals surface area contributed by atoms with Crippen molar-refractivity contribution < 1.29 is 19.4 Å². The fraction of sp³-hybridized carbons (Fsp3) is 0.133. The molecule has 0 heterocycles. The number of carboxylic acid groups (broad SMARTS) is 1. The van der Waals surface area contributed by atoms with Crippen molar-refractivity contribution in [3.63, 3.8) is 0 Å². The van der Waals surface area contributed by atoms with Gasteiger partial charge in [-0.25, -0.2) is 9.18 Å². The molecule has 0 amide bonds. The van der Waals surface area contributed by atoms with Crippen LogP contribution in [0.1, 0.15) is 17.2 Å². The molecule has 5 heteroatoms. The third kappa shape index (κ3) is 3.06. The number of aliphatic carboxylic acids is 1. The Morgan fingerprint density at radius 3 is 2.55 bits per heavy atom. The van der Waals surface area contributed by atoms with Crippen LogP contribution in [0.4, 0.5) is 10.1 Å². The van der Waals surface area contributed by atoms with Crippen molar-refractivity contribution in [3.8, 4) is 5.75 Å². The predicted octanol–water partition coefficient (Wildman–Crippen LogP) is 3.08. The molecule has 0 aromatic heterocycles. The molecule has 1 atom stereocenters. The van der Waals surface area contributed by atoms with Gasteiger partial charge in [-0.05, 0) is 36.8 Å². The Hall–Kier alpha value is -2.56.